The standard InChI is InChI=1S/C30H33F3N6O3S/c1-18-8-9-21-22(10-11-24(31)26(21)39-43(40,41)17-19(2)30(3,32)33)27(18)42-28-23(7-5-14-35-28)25-12-15-36-29(38-25)37-20-6-4-13-34-16-20/h5,7-12,14-15,19-20,34,39H,4,6,13,16-17H2,1-3H3,(H,36,37,38)/t19-,20+/m1/s1. The summed E-state index contributed by atoms with van der Waals surface area (Å²) in [6.45, 7) is 5.37. The van der Waals surface area contributed by atoms with Gasteiger partial charge in [-0.05, 0) is 69.1 Å². The molecule has 2 aromatic carbocycles. The van der Waals surface area contributed by atoms with E-state index in [1.807, 2.05) is 0 Å². The summed E-state index contributed by atoms with van der Waals surface area (Å²) in [7, 11) is -4.32. The molecule has 13 heteroatoms. The highest BCUT2D eigenvalue weighted by Crippen LogP contribution is 2.40. The van der Waals surface area contributed by atoms with E-state index in [1.54, 1.807) is 49.6 Å². The third-order valence-electron chi connectivity index (χ3n) is 7.42. The van der Waals surface area contributed by atoms with E-state index in [0.29, 0.717) is 40.8 Å². The molecular formula is C30H33F3N6O3S. The monoisotopic (exact) mass is 614 g/mol. The third-order valence-corrected chi connectivity index (χ3v) is 8.88. The summed E-state index contributed by atoms with van der Waals surface area (Å²) in [5.74, 6) is -5.41. The zero-order valence-electron chi connectivity index (χ0n) is 24.0. The van der Waals surface area contributed by atoms with Crippen LogP contribution in [-0.4, -0.2) is 54.2 Å². The molecular weight excluding hydrogens is 581 g/mol. The van der Waals surface area contributed by atoms with Gasteiger partial charge in [-0.1, -0.05) is 19.1 Å². The van der Waals surface area contributed by atoms with Crippen LogP contribution in [0.3, 0.4) is 0 Å². The number of rotatable bonds is 10. The van der Waals surface area contributed by atoms with E-state index >= 15 is 4.39 Å². The number of halogens is 3. The molecule has 1 fully saturated rings. The fourth-order valence-electron chi connectivity index (χ4n) is 4.87. The van der Waals surface area contributed by atoms with Gasteiger partial charge in [0.15, 0.2) is 0 Å². The van der Waals surface area contributed by atoms with Crippen LogP contribution in [-0.2, 0) is 10.0 Å². The predicted octanol–water partition coefficient (Wildman–Crippen LogP) is 6.13. The molecule has 9 nitrogen and oxygen atoms in total. The minimum Gasteiger partial charge on any atom is -0.437 e. The Morgan fingerprint density at radius 3 is 2.65 bits per heavy atom. The molecule has 5 rings (SSSR count). The SMILES string of the molecule is Cc1ccc2c(NS(=O)(=O)C[C@@H](C)C(C)(F)F)c(F)ccc2c1Oc1ncccc1-c1ccnc(N[C@H]2CCCNC2)n1. The van der Waals surface area contributed by atoms with Gasteiger partial charge in [0, 0.05) is 41.7 Å². The second-order valence-electron chi connectivity index (χ2n) is 10.9. The average Bonchev–Trinajstić information content (AvgIpc) is 2.96. The first-order valence-electron chi connectivity index (χ1n) is 13.9. The van der Waals surface area contributed by atoms with Crippen molar-refractivity contribution in [3.8, 4) is 22.9 Å². The lowest BCUT2D eigenvalue weighted by atomic mass is 10.0. The highest BCUT2D eigenvalue weighted by molar-refractivity contribution is 7.92. The topological polar surface area (TPSA) is 118 Å². The van der Waals surface area contributed by atoms with Crippen molar-refractivity contribution in [1.82, 2.24) is 20.3 Å². The van der Waals surface area contributed by atoms with Crippen LogP contribution >= 0.6 is 0 Å². The zero-order valence-corrected chi connectivity index (χ0v) is 24.8. The van der Waals surface area contributed by atoms with E-state index in [-0.39, 0.29) is 23.0 Å². The largest absolute Gasteiger partial charge is 0.437 e. The number of hydrogen-bond donors (Lipinski definition) is 3. The van der Waals surface area contributed by atoms with Crippen LogP contribution in [0.5, 0.6) is 11.6 Å². The second-order valence-corrected chi connectivity index (χ2v) is 12.6. The number of ether oxygens (including phenoxy) is 1. The molecule has 0 bridgehead atoms. The number of alkyl halides is 2. The molecule has 0 aliphatic carbocycles. The highest BCUT2D eigenvalue weighted by Gasteiger charge is 2.34. The Kier molecular flexibility index (Phi) is 8.74. The first-order valence-corrected chi connectivity index (χ1v) is 15.6. The first-order chi connectivity index (χ1) is 20.4. The summed E-state index contributed by atoms with van der Waals surface area (Å²) < 4.78 is 76.5. The Morgan fingerprint density at radius 2 is 1.91 bits per heavy atom. The van der Waals surface area contributed by atoms with Gasteiger partial charge in [0.05, 0.1) is 22.7 Å². The van der Waals surface area contributed by atoms with Gasteiger partial charge in [-0.25, -0.2) is 36.5 Å². The van der Waals surface area contributed by atoms with E-state index in [4.69, 9.17) is 4.74 Å². The maximum Gasteiger partial charge on any atom is 0.248 e. The summed E-state index contributed by atoms with van der Waals surface area (Å²) in [4.78, 5) is 13.5. The number of anilines is 2. The molecule has 1 saturated heterocycles. The molecule has 228 valence electrons. The Hall–Kier alpha value is -3.97. The predicted molar refractivity (Wildman–Crippen MR) is 161 cm³/mol. The quantitative estimate of drug-likeness (QED) is 0.195. The number of nitrogens with zero attached hydrogens (tertiary/aromatic N) is 3. The molecule has 1 aliphatic rings. The van der Waals surface area contributed by atoms with Gasteiger partial charge in [-0.15, -0.1) is 0 Å². The number of sulfonamides is 1. The lowest BCUT2D eigenvalue weighted by Crippen LogP contribution is -2.38. The molecule has 0 amide bonds. The Balaban J connectivity index is 1.48. The van der Waals surface area contributed by atoms with Crippen molar-refractivity contribution >= 4 is 32.4 Å². The van der Waals surface area contributed by atoms with Crippen molar-refractivity contribution in [3.63, 3.8) is 0 Å². The lowest BCUT2D eigenvalue weighted by Gasteiger charge is -2.23. The fraction of sp³-hybridized carbons (Fsp3) is 0.367. The van der Waals surface area contributed by atoms with E-state index in [9.17, 15) is 17.2 Å². The summed E-state index contributed by atoms with van der Waals surface area (Å²) in [6.07, 6.45) is 5.28. The van der Waals surface area contributed by atoms with Crippen LogP contribution in [0.15, 0.2) is 54.9 Å². The van der Waals surface area contributed by atoms with Crippen molar-refractivity contribution < 1.29 is 26.3 Å². The molecule has 2 atom stereocenters. The zero-order chi connectivity index (χ0) is 30.8. The fourth-order valence-corrected chi connectivity index (χ4v) is 6.42. The molecule has 4 aromatic rings. The van der Waals surface area contributed by atoms with Crippen molar-refractivity contribution in [2.24, 2.45) is 5.92 Å². The third kappa shape index (κ3) is 7.16. The molecule has 2 aromatic heterocycles. The maximum absolute atomic E-state index is 15.0. The van der Waals surface area contributed by atoms with Gasteiger partial charge < -0.3 is 15.4 Å². The van der Waals surface area contributed by atoms with Crippen molar-refractivity contribution in [2.75, 3.05) is 28.9 Å². The van der Waals surface area contributed by atoms with Crippen LogP contribution in [0.4, 0.5) is 24.8 Å². The summed E-state index contributed by atoms with van der Waals surface area (Å²) in [5.41, 5.74) is 1.49. The van der Waals surface area contributed by atoms with Crippen LogP contribution in [0.25, 0.3) is 22.0 Å². The Bertz CT molecular complexity index is 1730. The molecule has 0 saturated carbocycles. The number of benzene rings is 2. The lowest BCUT2D eigenvalue weighted by molar-refractivity contribution is -0.0238. The van der Waals surface area contributed by atoms with Crippen molar-refractivity contribution in [2.45, 2.75) is 45.6 Å². The first kappa shape index (κ1) is 30.5. The molecule has 3 N–H and O–H groups in total. The van der Waals surface area contributed by atoms with Crippen LogP contribution < -0.4 is 20.1 Å². The number of aromatic nitrogens is 3. The van der Waals surface area contributed by atoms with Gasteiger partial charge in [0.1, 0.15) is 11.6 Å². The molecule has 3 heterocycles. The molecule has 0 radical (unpaired) electrons. The van der Waals surface area contributed by atoms with Crippen molar-refractivity contribution in [3.05, 3.63) is 66.2 Å². The minimum atomic E-state index is -4.32. The number of hydrogen-bond acceptors (Lipinski definition) is 8. The van der Waals surface area contributed by atoms with Gasteiger partial charge in [0.25, 0.3) is 0 Å². The van der Waals surface area contributed by atoms with Crippen LogP contribution in [0.1, 0.15) is 32.3 Å². The van der Waals surface area contributed by atoms with Gasteiger partial charge in [0.2, 0.25) is 27.8 Å². The highest BCUT2D eigenvalue weighted by atomic mass is 32.2. The number of aryl methyl sites for hydroxylation is 1. The van der Waals surface area contributed by atoms with Crippen molar-refractivity contribution in [1.29, 1.82) is 0 Å². The van der Waals surface area contributed by atoms with Gasteiger partial charge >= 0.3 is 0 Å². The van der Waals surface area contributed by atoms with Gasteiger partial charge in [-0.2, -0.15) is 0 Å². The van der Waals surface area contributed by atoms with E-state index in [1.165, 1.54) is 6.07 Å². The summed E-state index contributed by atoms with van der Waals surface area (Å²) in [6, 6.07) is 11.3. The maximum atomic E-state index is 15.0. The van der Waals surface area contributed by atoms with Gasteiger partial charge in [-0.3, -0.25) is 4.72 Å². The second kappa shape index (κ2) is 12.3. The van der Waals surface area contributed by atoms with Crippen LogP contribution in [0, 0.1) is 18.7 Å². The smallest absolute Gasteiger partial charge is 0.248 e. The molecule has 0 spiro atoms. The molecule has 1 aliphatic heterocycles. The van der Waals surface area contributed by atoms with E-state index < -0.39 is 33.4 Å². The average molecular weight is 615 g/mol. The van der Waals surface area contributed by atoms with E-state index in [2.05, 4.69) is 30.3 Å². The minimum absolute atomic E-state index is 0.201. The number of fused-ring (bicyclic) bond motifs is 1. The number of piperidine rings is 1. The number of pyridine rings is 1. The Labute approximate surface area is 248 Å². The summed E-state index contributed by atoms with van der Waals surface area (Å²) in [5, 5.41) is 7.32. The molecule has 0 unspecified atom stereocenters. The molecule has 43 heavy (non-hydrogen) atoms. The van der Waals surface area contributed by atoms with Crippen LogP contribution in [0.2, 0.25) is 0 Å². The summed E-state index contributed by atoms with van der Waals surface area (Å²) >= 11 is 0. The Morgan fingerprint density at radius 1 is 1.12 bits per heavy atom. The number of nitrogens with one attached hydrogen (secondary N) is 3. The normalized spacial score (nSPS) is 16.6. The van der Waals surface area contributed by atoms with E-state index in [0.717, 1.165) is 38.9 Å².